The van der Waals surface area contributed by atoms with E-state index >= 15 is 0 Å². The van der Waals surface area contributed by atoms with Gasteiger partial charge in [-0.15, -0.1) is 6.58 Å². The van der Waals surface area contributed by atoms with E-state index in [1.807, 2.05) is 6.08 Å². The minimum atomic E-state index is 0.0863. The van der Waals surface area contributed by atoms with Crippen LogP contribution in [0.15, 0.2) is 30.9 Å². The van der Waals surface area contributed by atoms with E-state index in [0.717, 1.165) is 5.69 Å². The van der Waals surface area contributed by atoms with E-state index in [1.54, 1.807) is 23.1 Å². The van der Waals surface area contributed by atoms with E-state index in [1.165, 1.54) is 0 Å². The number of halogens is 2. The average molecular weight is 256 g/mol. The van der Waals surface area contributed by atoms with Crippen LogP contribution in [-0.4, -0.2) is 12.5 Å². The minimum Gasteiger partial charge on any atom is -0.312 e. The van der Waals surface area contributed by atoms with Crippen LogP contribution >= 0.6 is 23.2 Å². The van der Waals surface area contributed by atoms with Crippen LogP contribution in [0.5, 0.6) is 0 Å². The Morgan fingerprint density at radius 2 is 1.94 bits per heavy atom. The first-order chi connectivity index (χ1) is 7.60. The molecular weight excluding hydrogens is 245 g/mol. The van der Waals surface area contributed by atoms with Crippen LogP contribution in [0, 0.1) is 5.92 Å². The van der Waals surface area contributed by atoms with Crippen molar-refractivity contribution in [2.75, 3.05) is 11.4 Å². The summed E-state index contributed by atoms with van der Waals surface area (Å²) in [5.41, 5.74) is 0.756. The van der Waals surface area contributed by atoms with Gasteiger partial charge in [-0.25, -0.2) is 0 Å². The quantitative estimate of drug-likeness (QED) is 0.741. The van der Waals surface area contributed by atoms with E-state index in [-0.39, 0.29) is 11.8 Å². The number of carbonyl (C=O) groups excluding carboxylic acids is 1. The monoisotopic (exact) mass is 255 g/mol. The summed E-state index contributed by atoms with van der Waals surface area (Å²) in [6.07, 6.45) is 2.32. The van der Waals surface area contributed by atoms with Crippen molar-refractivity contribution in [2.24, 2.45) is 5.92 Å². The molecule has 1 aromatic rings. The molecule has 1 unspecified atom stereocenters. The summed E-state index contributed by atoms with van der Waals surface area (Å²) in [5, 5.41) is 1.08. The van der Waals surface area contributed by atoms with Gasteiger partial charge in [0.2, 0.25) is 5.91 Å². The highest BCUT2D eigenvalue weighted by atomic mass is 35.5. The van der Waals surface area contributed by atoms with Gasteiger partial charge >= 0.3 is 0 Å². The van der Waals surface area contributed by atoms with Gasteiger partial charge in [0, 0.05) is 34.6 Å². The lowest BCUT2D eigenvalue weighted by atomic mass is 10.1. The van der Waals surface area contributed by atoms with Crippen LogP contribution in [0.4, 0.5) is 5.69 Å². The molecule has 2 rings (SSSR count). The smallest absolute Gasteiger partial charge is 0.227 e. The van der Waals surface area contributed by atoms with E-state index in [9.17, 15) is 4.79 Å². The number of rotatable bonds is 2. The molecule has 4 heteroatoms. The molecule has 0 N–H and O–H groups in total. The maximum Gasteiger partial charge on any atom is 0.227 e. The first-order valence-electron chi connectivity index (χ1n) is 4.99. The Morgan fingerprint density at radius 3 is 2.44 bits per heavy atom. The van der Waals surface area contributed by atoms with Crippen molar-refractivity contribution in [3.63, 3.8) is 0 Å². The number of amides is 1. The Balaban J connectivity index is 2.30. The van der Waals surface area contributed by atoms with Gasteiger partial charge in [-0.1, -0.05) is 29.3 Å². The Kier molecular flexibility index (Phi) is 3.22. The Morgan fingerprint density at radius 1 is 1.31 bits per heavy atom. The predicted molar refractivity (Wildman–Crippen MR) is 67.1 cm³/mol. The third-order valence-electron chi connectivity index (χ3n) is 2.65. The molecule has 0 bridgehead atoms. The lowest BCUT2D eigenvalue weighted by molar-refractivity contribution is -0.117. The van der Waals surface area contributed by atoms with Crippen molar-refractivity contribution in [3.8, 4) is 0 Å². The zero-order valence-electron chi connectivity index (χ0n) is 8.62. The van der Waals surface area contributed by atoms with E-state index in [4.69, 9.17) is 23.2 Å². The van der Waals surface area contributed by atoms with Crippen molar-refractivity contribution in [1.82, 2.24) is 0 Å². The zero-order valence-corrected chi connectivity index (χ0v) is 10.1. The van der Waals surface area contributed by atoms with Gasteiger partial charge < -0.3 is 4.90 Å². The van der Waals surface area contributed by atoms with E-state index in [2.05, 4.69) is 6.58 Å². The van der Waals surface area contributed by atoms with Crippen molar-refractivity contribution in [2.45, 2.75) is 6.42 Å². The van der Waals surface area contributed by atoms with Gasteiger partial charge in [0.15, 0.2) is 0 Å². The second-order valence-electron chi connectivity index (χ2n) is 3.83. The van der Waals surface area contributed by atoms with E-state index in [0.29, 0.717) is 23.0 Å². The van der Waals surface area contributed by atoms with Gasteiger partial charge in [0.05, 0.1) is 0 Å². The maximum atomic E-state index is 11.8. The fourth-order valence-electron chi connectivity index (χ4n) is 1.84. The largest absolute Gasteiger partial charge is 0.312 e. The molecular formula is C12H11Cl2NO. The Bertz CT molecular complexity index is 424. The molecule has 0 aromatic heterocycles. The molecule has 0 saturated carbocycles. The molecule has 0 radical (unpaired) electrons. The number of benzene rings is 1. The number of hydrogen-bond acceptors (Lipinski definition) is 1. The fourth-order valence-corrected chi connectivity index (χ4v) is 2.35. The summed E-state index contributed by atoms with van der Waals surface area (Å²) in [7, 11) is 0. The standard InChI is InChI=1S/C12H11Cl2NO/c1-2-8-3-12(16)15(7-8)11-5-9(13)4-10(14)6-11/h2,4-6,8H,1,3,7H2. The lowest BCUT2D eigenvalue weighted by Crippen LogP contribution is -2.24. The summed E-state index contributed by atoms with van der Waals surface area (Å²) in [4.78, 5) is 13.5. The number of nitrogens with zero attached hydrogens (tertiary/aromatic N) is 1. The van der Waals surface area contributed by atoms with Crippen molar-refractivity contribution >= 4 is 34.8 Å². The molecule has 1 atom stereocenters. The molecule has 1 aromatic carbocycles. The fraction of sp³-hybridized carbons (Fsp3) is 0.250. The highest BCUT2D eigenvalue weighted by Crippen LogP contribution is 2.30. The third kappa shape index (κ3) is 2.23. The predicted octanol–water partition coefficient (Wildman–Crippen LogP) is 3.53. The SMILES string of the molecule is C=CC1CC(=O)N(c2cc(Cl)cc(Cl)c2)C1. The van der Waals surface area contributed by atoms with Gasteiger partial charge in [-0.3, -0.25) is 4.79 Å². The Labute approximate surface area is 104 Å². The van der Waals surface area contributed by atoms with Crippen LogP contribution in [0.25, 0.3) is 0 Å². The van der Waals surface area contributed by atoms with Gasteiger partial charge in [0.1, 0.15) is 0 Å². The molecule has 2 nitrogen and oxygen atoms in total. The molecule has 1 fully saturated rings. The lowest BCUT2D eigenvalue weighted by Gasteiger charge is -2.16. The average Bonchev–Trinajstić information content (AvgIpc) is 2.58. The first-order valence-corrected chi connectivity index (χ1v) is 5.75. The summed E-state index contributed by atoms with van der Waals surface area (Å²) >= 11 is 11.8. The second-order valence-corrected chi connectivity index (χ2v) is 4.70. The summed E-state index contributed by atoms with van der Waals surface area (Å²) < 4.78 is 0. The van der Waals surface area contributed by atoms with Gasteiger partial charge in [-0.05, 0) is 18.2 Å². The number of carbonyl (C=O) groups is 1. The molecule has 0 spiro atoms. The summed E-state index contributed by atoms with van der Waals surface area (Å²) in [5.74, 6) is 0.300. The first kappa shape index (κ1) is 11.5. The van der Waals surface area contributed by atoms with Gasteiger partial charge in [-0.2, -0.15) is 0 Å². The molecule has 16 heavy (non-hydrogen) atoms. The second kappa shape index (κ2) is 4.48. The molecule has 0 aliphatic carbocycles. The van der Waals surface area contributed by atoms with Crippen LogP contribution < -0.4 is 4.90 Å². The topological polar surface area (TPSA) is 20.3 Å². The Hall–Kier alpha value is -0.990. The normalized spacial score (nSPS) is 20.2. The molecule has 1 heterocycles. The van der Waals surface area contributed by atoms with Crippen molar-refractivity contribution < 1.29 is 4.79 Å². The highest BCUT2D eigenvalue weighted by Gasteiger charge is 2.28. The van der Waals surface area contributed by atoms with Crippen LogP contribution in [0.3, 0.4) is 0 Å². The molecule has 1 aliphatic rings. The molecule has 1 aliphatic heterocycles. The van der Waals surface area contributed by atoms with Crippen molar-refractivity contribution in [3.05, 3.63) is 40.9 Å². The summed E-state index contributed by atoms with van der Waals surface area (Å²) in [6.45, 7) is 4.36. The molecule has 1 amide bonds. The van der Waals surface area contributed by atoms with Crippen LogP contribution in [-0.2, 0) is 4.79 Å². The zero-order chi connectivity index (χ0) is 11.7. The molecule has 1 saturated heterocycles. The van der Waals surface area contributed by atoms with Crippen LogP contribution in [0.1, 0.15) is 6.42 Å². The third-order valence-corrected chi connectivity index (χ3v) is 3.08. The van der Waals surface area contributed by atoms with Crippen molar-refractivity contribution in [1.29, 1.82) is 0 Å². The van der Waals surface area contributed by atoms with E-state index < -0.39 is 0 Å². The van der Waals surface area contributed by atoms with Gasteiger partial charge in [0.25, 0.3) is 0 Å². The highest BCUT2D eigenvalue weighted by molar-refractivity contribution is 6.35. The molecule has 84 valence electrons. The summed E-state index contributed by atoms with van der Waals surface area (Å²) in [6, 6.07) is 5.14. The number of anilines is 1. The van der Waals surface area contributed by atoms with Crippen LogP contribution in [0.2, 0.25) is 10.0 Å². The minimum absolute atomic E-state index is 0.0863. The number of hydrogen-bond donors (Lipinski definition) is 0. The maximum absolute atomic E-state index is 11.8.